The maximum Gasteiger partial charge on any atom is 0.200 e. The van der Waals surface area contributed by atoms with Crippen molar-refractivity contribution in [3.8, 4) is 51.4 Å². The number of ether oxygens (including phenoxy) is 1. The number of aromatic hydroxyl groups is 5. The number of aryl methyl sites for hydroxylation is 3. The predicted octanol–water partition coefficient (Wildman–Crippen LogP) is 5.56. The van der Waals surface area contributed by atoms with E-state index in [2.05, 4.69) is 0 Å². The van der Waals surface area contributed by atoms with Crippen molar-refractivity contribution >= 4 is 0 Å². The quantitative estimate of drug-likeness (QED) is 0.222. The smallest absolute Gasteiger partial charge is 0.200 e. The topological polar surface area (TPSA) is 110 Å². The van der Waals surface area contributed by atoms with E-state index in [9.17, 15) is 25.5 Å². The fourth-order valence-corrected chi connectivity index (χ4v) is 4.34. The molecule has 172 valence electrons. The summed E-state index contributed by atoms with van der Waals surface area (Å²) in [6, 6.07) is 19.3. The second-order valence-corrected chi connectivity index (χ2v) is 8.52. The molecule has 0 aromatic heterocycles. The summed E-state index contributed by atoms with van der Waals surface area (Å²) in [6.07, 6.45) is 2.20. The Bertz CT molecular complexity index is 1380. The molecular formula is C28H24O6. The molecule has 34 heavy (non-hydrogen) atoms. The van der Waals surface area contributed by atoms with Gasteiger partial charge in [0.25, 0.3) is 0 Å². The van der Waals surface area contributed by atoms with Crippen molar-refractivity contribution in [2.45, 2.75) is 25.7 Å². The Morgan fingerprint density at radius 2 is 1.15 bits per heavy atom. The van der Waals surface area contributed by atoms with Gasteiger partial charge in [-0.3, -0.25) is 0 Å². The fraction of sp³-hybridized carbons (Fsp3) is 0.143. The normalized spacial score (nSPS) is 13.1. The average Bonchev–Trinajstić information content (AvgIpc) is 2.83. The second-order valence-electron chi connectivity index (χ2n) is 8.52. The minimum absolute atomic E-state index is 0.0171. The average molecular weight is 456 g/mol. The summed E-state index contributed by atoms with van der Waals surface area (Å²) in [7, 11) is 0. The Hall–Kier alpha value is -4.32. The van der Waals surface area contributed by atoms with Crippen molar-refractivity contribution in [3.05, 3.63) is 89.0 Å². The van der Waals surface area contributed by atoms with Crippen LogP contribution in [0.5, 0.6) is 40.2 Å². The molecule has 4 heterocycles. The van der Waals surface area contributed by atoms with E-state index in [4.69, 9.17) is 4.74 Å². The van der Waals surface area contributed by atoms with Gasteiger partial charge in [-0.05, 0) is 84.3 Å². The minimum Gasteiger partial charge on any atom is -0.507 e. The molecule has 4 aliphatic rings. The molecule has 0 saturated carbocycles. The molecule has 6 heteroatoms. The van der Waals surface area contributed by atoms with Gasteiger partial charge < -0.3 is 30.3 Å². The van der Waals surface area contributed by atoms with E-state index in [1.807, 2.05) is 42.5 Å². The van der Waals surface area contributed by atoms with Gasteiger partial charge in [0, 0.05) is 11.1 Å². The molecular weight excluding hydrogens is 432 g/mol. The fourth-order valence-electron chi connectivity index (χ4n) is 4.34. The van der Waals surface area contributed by atoms with E-state index in [0.29, 0.717) is 53.9 Å². The number of phenolic OH excluding ortho intramolecular Hbond substituents is 5. The molecule has 0 spiro atoms. The molecule has 0 radical (unpaired) electrons. The van der Waals surface area contributed by atoms with E-state index >= 15 is 0 Å². The summed E-state index contributed by atoms with van der Waals surface area (Å²) >= 11 is 0. The van der Waals surface area contributed by atoms with Crippen molar-refractivity contribution < 1.29 is 30.3 Å². The lowest BCUT2D eigenvalue weighted by Gasteiger charge is -2.17. The molecule has 4 aromatic rings. The van der Waals surface area contributed by atoms with Crippen LogP contribution in [0.1, 0.15) is 22.3 Å². The maximum atomic E-state index is 10.8. The predicted molar refractivity (Wildman–Crippen MR) is 128 cm³/mol. The zero-order chi connectivity index (χ0) is 23.8. The van der Waals surface area contributed by atoms with Crippen molar-refractivity contribution in [1.29, 1.82) is 0 Å². The van der Waals surface area contributed by atoms with Crippen LogP contribution in [0.2, 0.25) is 0 Å². The molecule has 0 unspecified atom stereocenters. The molecule has 0 aliphatic carbocycles. The van der Waals surface area contributed by atoms with Gasteiger partial charge in [0.1, 0.15) is 11.5 Å². The second kappa shape index (κ2) is 8.56. The Morgan fingerprint density at radius 1 is 0.500 bits per heavy atom. The highest BCUT2D eigenvalue weighted by molar-refractivity contribution is 5.79. The first-order chi connectivity index (χ1) is 16.4. The van der Waals surface area contributed by atoms with Gasteiger partial charge in [0.15, 0.2) is 23.0 Å². The van der Waals surface area contributed by atoms with Crippen LogP contribution in [-0.4, -0.2) is 25.5 Å². The zero-order valence-corrected chi connectivity index (χ0v) is 18.3. The first-order valence-electron chi connectivity index (χ1n) is 11.1. The Morgan fingerprint density at radius 3 is 1.88 bits per heavy atom. The van der Waals surface area contributed by atoms with Crippen molar-refractivity contribution in [1.82, 2.24) is 0 Å². The number of hydrogen-bond acceptors (Lipinski definition) is 6. The zero-order valence-electron chi connectivity index (χ0n) is 18.3. The highest BCUT2D eigenvalue weighted by Gasteiger charge is 2.20. The van der Waals surface area contributed by atoms with Crippen molar-refractivity contribution in [3.63, 3.8) is 0 Å². The molecule has 4 aliphatic heterocycles. The number of phenols is 5. The van der Waals surface area contributed by atoms with E-state index in [1.165, 1.54) is 6.07 Å². The summed E-state index contributed by atoms with van der Waals surface area (Å²) in [4.78, 5) is 0. The van der Waals surface area contributed by atoms with Gasteiger partial charge in [-0.1, -0.05) is 30.3 Å². The van der Waals surface area contributed by atoms with Gasteiger partial charge >= 0.3 is 0 Å². The van der Waals surface area contributed by atoms with Crippen LogP contribution in [0.25, 0.3) is 11.1 Å². The van der Waals surface area contributed by atoms with Gasteiger partial charge in [-0.25, -0.2) is 0 Å². The van der Waals surface area contributed by atoms with E-state index in [-0.39, 0.29) is 11.5 Å². The molecule has 0 saturated heterocycles. The summed E-state index contributed by atoms with van der Waals surface area (Å²) in [5.74, 6) is -0.403. The van der Waals surface area contributed by atoms with E-state index in [0.717, 1.165) is 16.7 Å². The van der Waals surface area contributed by atoms with Gasteiger partial charge in [0.2, 0.25) is 5.75 Å². The molecule has 8 rings (SSSR count). The standard InChI is InChI=1S/C28H24O6/c29-23-12-7-18-2-1-17-6-10-20(24(30)13-17)22-15-25(31)28(33)27(32)21(22)11-5-16-3-8-19(9-4-16)34-26(23)14-18/h3-4,6-10,12-15,29-33H,1-2,5,11H2. The third-order valence-corrected chi connectivity index (χ3v) is 6.25. The molecule has 0 fully saturated rings. The first kappa shape index (κ1) is 21.5. The van der Waals surface area contributed by atoms with E-state index < -0.39 is 17.2 Å². The van der Waals surface area contributed by atoms with Crippen LogP contribution in [0.3, 0.4) is 0 Å². The maximum absolute atomic E-state index is 10.8. The molecule has 6 nitrogen and oxygen atoms in total. The third-order valence-electron chi connectivity index (χ3n) is 6.25. The number of rotatable bonds is 0. The Kier molecular flexibility index (Phi) is 5.42. The molecule has 6 bridgehead atoms. The van der Waals surface area contributed by atoms with E-state index in [1.54, 1.807) is 18.2 Å². The van der Waals surface area contributed by atoms with Crippen LogP contribution in [0.15, 0.2) is 66.7 Å². The largest absolute Gasteiger partial charge is 0.507 e. The van der Waals surface area contributed by atoms with Crippen molar-refractivity contribution in [2.75, 3.05) is 0 Å². The summed E-state index contributed by atoms with van der Waals surface area (Å²) < 4.78 is 5.90. The SMILES string of the molecule is Oc1ccc2cc1Oc1ccc(cc1)CCc1c(cc(O)c(O)c1O)-c1ccc(cc1O)CC2. The van der Waals surface area contributed by atoms with Crippen molar-refractivity contribution in [2.24, 2.45) is 0 Å². The van der Waals surface area contributed by atoms with Crippen LogP contribution >= 0.6 is 0 Å². The first-order valence-corrected chi connectivity index (χ1v) is 11.1. The summed E-state index contributed by atoms with van der Waals surface area (Å²) in [5.41, 5.74) is 4.19. The summed E-state index contributed by atoms with van der Waals surface area (Å²) in [6.45, 7) is 0. The van der Waals surface area contributed by atoms with Gasteiger partial charge in [-0.2, -0.15) is 0 Å². The van der Waals surface area contributed by atoms with Gasteiger partial charge in [0.05, 0.1) is 0 Å². The lowest BCUT2D eigenvalue weighted by Crippen LogP contribution is -1.98. The Labute approximate surface area is 196 Å². The Balaban J connectivity index is 1.63. The highest BCUT2D eigenvalue weighted by Crippen LogP contribution is 2.46. The minimum atomic E-state index is -0.582. The lowest BCUT2D eigenvalue weighted by molar-refractivity contribution is 0.365. The van der Waals surface area contributed by atoms with Crippen LogP contribution in [0.4, 0.5) is 0 Å². The molecule has 0 atom stereocenters. The summed E-state index contributed by atoms with van der Waals surface area (Å²) in [5, 5.41) is 51.9. The molecule has 5 N–H and O–H groups in total. The molecule has 0 amide bonds. The number of hydrogen-bond donors (Lipinski definition) is 5. The lowest BCUT2D eigenvalue weighted by atomic mass is 9.91. The molecule has 4 aromatic carbocycles. The van der Waals surface area contributed by atoms with Crippen LogP contribution in [-0.2, 0) is 25.7 Å². The highest BCUT2D eigenvalue weighted by atomic mass is 16.5. The van der Waals surface area contributed by atoms with Crippen LogP contribution in [0, 0.1) is 0 Å². The van der Waals surface area contributed by atoms with Gasteiger partial charge in [-0.15, -0.1) is 0 Å². The monoisotopic (exact) mass is 456 g/mol. The van der Waals surface area contributed by atoms with Crippen LogP contribution < -0.4 is 4.74 Å². The number of benzene rings is 4. The third kappa shape index (κ3) is 4.06.